The van der Waals surface area contributed by atoms with Gasteiger partial charge >= 0.3 is 66.5 Å². The Hall–Kier alpha value is -0.291. The van der Waals surface area contributed by atoms with Crippen molar-refractivity contribution in [3.05, 3.63) is 18.3 Å². The van der Waals surface area contributed by atoms with E-state index >= 15 is 0 Å². The summed E-state index contributed by atoms with van der Waals surface area (Å²) >= 11 is 1.10. The number of nitrogens with two attached hydrogens (primary N) is 1. The van der Waals surface area contributed by atoms with Crippen molar-refractivity contribution in [3.8, 4) is 0 Å². The zero-order valence-corrected chi connectivity index (χ0v) is 8.13. The summed E-state index contributed by atoms with van der Waals surface area (Å²) in [5, 5.41) is 0. The monoisotopic (exact) mass is 229 g/mol. The molecule has 0 atom stereocenters. The first kappa shape index (κ1) is 6.82. The molecule has 1 aromatic heterocycles. The van der Waals surface area contributed by atoms with Crippen molar-refractivity contribution in [1.82, 2.24) is 4.98 Å². The van der Waals surface area contributed by atoms with Crippen LogP contribution in [0.25, 0.3) is 0 Å². The Morgan fingerprint density at radius 2 is 2.33 bits per heavy atom. The van der Waals surface area contributed by atoms with Crippen molar-refractivity contribution in [2.75, 3.05) is 5.43 Å². The molecule has 2 radical (unpaired) electrons. The summed E-state index contributed by atoms with van der Waals surface area (Å²) in [6.45, 7) is 0. The van der Waals surface area contributed by atoms with Crippen molar-refractivity contribution in [2.24, 2.45) is 5.84 Å². The third-order valence-corrected chi connectivity index (χ3v) is 1.91. The molecule has 1 heterocycles. The third kappa shape index (κ3) is 1.83. The number of nitrogens with zero attached hydrogens (tertiary/aromatic N) is 1. The number of nitrogens with one attached hydrogen (secondary N) is 1. The molecular formula is C5H7N3Sn. The van der Waals surface area contributed by atoms with Crippen LogP contribution in [0, 0.1) is 0 Å². The van der Waals surface area contributed by atoms with Crippen LogP contribution in [-0.2, 0) is 0 Å². The molecular weight excluding hydrogens is 221 g/mol. The summed E-state index contributed by atoms with van der Waals surface area (Å²) in [4.78, 5) is 3.99. The molecule has 4 heteroatoms. The molecule has 1 rings (SSSR count). The van der Waals surface area contributed by atoms with Gasteiger partial charge in [0.05, 0.1) is 0 Å². The Labute approximate surface area is 66.7 Å². The van der Waals surface area contributed by atoms with Gasteiger partial charge in [0.25, 0.3) is 0 Å². The number of pyridine rings is 1. The minimum absolute atomic E-state index is 0.716. The maximum absolute atomic E-state index is 5.10. The molecule has 0 saturated heterocycles. The van der Waals surface area contributed by atoms with E-state index in [1.54, 1.807) is 0 Å². The van der Waals surface area contributed by atoms with Crippen molar-refractivity contribution < 1.29 is 0 Å². The first-order valence-electron chi connectivity index (χ1n) is 2.51. The van der Waals surface area contributed by atoms with E-state index in [1.165, 1.54) is 3.58 Å². The van der Waals surface area contributed by atoms with Crippen molar-refractivity contribution in [2.45, 2.75) is 0 Å². The molecule has 9 heavy (non-hydrogen) atoms. The summed E-state index contributed by atoms with van der Waals surface area (Å²) in [7, 11) is 0. The second kappa shape index (κ2) is 3.03. The van der Waals surface area contributed by atoms with Gasteiger partial charge in [-0.3, -0.25) is 0 Å². The fraction of sp³-hybridized carbons (Fsp3) is 0. The first-order valence-corrected chi connectivity index (χ1v) is 4.16. The van der Waals surface area contributed by atoms with Gasteiger partial charge in [0.2, 0.25) is 0 Å². The van der Waals surface area contributed by atoms with Crippen LogP contribution >= 0.6 is 0 Å². The van der Waals surface area contributed by atoms with E-state index in [0.717, 1.165) is 22.5 Å². The Balaban J connectivity index is 2.88. The molecule has 0 amide bonds. The van der Waals surface area contributed by atoms with E-state index in [4.69, 9.17) is 5.84 Å². The van der Waals surface area contributed by atoms with Gasteiger partial charge in [-0.1, -0.05) is 0 Å². The molecule has 0 aliphatic carbocycles. The zero-order chi connectivity index (χ0) is 6.69. The fourth-order valence-corrected chi connectivity index (χ4v) is 0.978. The van der Waals surface area contributed by atoms with E-state index in [-0.39, 0.29) is 0 Å². The van der Waals surface area contributed by atoms with Gasteiger partial charge in [-0.2, -0.15) is 0 Å². The molecule has 3 nitrogen and oxygen atoms in total. The van der Waals surface area contributed by atoms with E-state index in [9.17, 15) is 0 Å². The molecule has 0 bridgehead atoms. The maximum atomic E-state index is 5.10. The Bertz CT molecular complexity index is 184. The van der Waals surface area contributed by atoms with Gasteiger partial charge in [0.15, 0.2) is 0 Å². The minimum atomic E-state index is 0.716. The van der Waals surface area contributed by atoms with Crippen molar-refractivity contribution in [3.63, 3.8) is 0 Å². The van der Waals surface area contributed by atoms with E-state index < -0.39 is 0 Å². The number of anilines is 1. The van der Waals surface area contributed by atoms with Gasteiger partial charge in [-0.25, -0.2) is 0 Å². The van der Waals surface area contributed by atoms with Crippen LogP contribution < -0.4 is 14.8 Å². The van der Waals surface area contributed by atoms with Gasteiger partial charge in [0, 0.05) is 0 Å². The molecule has 3 N–H and O–H groups in total. The second-order valence-electron chi connectivity index (χ2n) is 1.62. The number of hydrazine groups is 1. The summed E-state index contributed by atoms with van der Waals surface area (Å²) in [5.41, 5.74) is 2.46. The topological polar surface area (TPSA) is 50.9 Å². The second-order valence-corrected chi connectivity index (χ2v) is 3.52. The number of rotatable bonds is 1. The summed E-state index contributed by atoms with van der Waals surface area (Å²) in [6, 6.07) is 3.87. The molecule has 0 aliphatic rings. The molecule has 0 fully saturated rings. The Morgan fingerprint density at radius 3 is 2.78 bits per heavy atom. The van der Waals surface area contributed by atoms with Gasteiger partial charge in [0.1, 0.15) is 0 Å². The summed E-state index contributed by atoms with van der Waals surface area (Å²) < 4.78 is 1.26. The SMILES string of the molecule is NNc1cc[c]([SnH])cn1. The van der Waals surface area contributed by atoms with E-state index in [2.05, 4.69) is 10.4 Å². The van der Waals surface area contributed by atoms with Crippen LogP contribution in [0.4, 0.5) is 5.82 Å². The average molecular weight is 228 g/mol. The zero-order valence-electron chi connectivity index (χ0n) is 4.83. The van der Waals surface area contributed by atoms with Crippen LogP contribution in [0.15, 0.2) is 18.3 Å². The van der Waals surface area contributed by atoms with Crippen LogP contribution in [0.1, 0.15) is 0 Å². The van der Waals surface area contributed by atoms with Gasteiger partial charge < -0.3 is 0 Å². The van der Waals surface area contributed by atoms with Crippen LogP contribution in [-0.4, -0.2) is 27.5 Å². The number of hydrogen-bond acceptors (Lipinski definition) is 3. The standard InChI is InChI=1S/C5H6N3.Sn.H/c6-8-5-3-1-2-4-7-5;;/h1,3-4H,6H2,(H,7,8);;. The molecule has 0 unspecified atom stereocenters. The summed E-state index contributed by atoms with van der Waals surface area (Å²) in [6.07, 6.45) is 1.82. The Kier molecular flexibility index (Phi) is 2.29. The number of hydrogen-bond donors (Lipinski definition) is 2. The third-order valence-electron chi connectivity index (χ3n) is 0.934. The van der Waals surface area contributed by atoms with Crippen LogP contribution in [0.3, 0.4) is 0 Å². The molecule has 0 aliphatic heterocycles. The van der Waals surface area contributed by atoms with Gasteiger partial charge in [-0.05, 0) is 0 Å². The van der Waals surface area contributed by atoms with Crippen molar-refractivity contribution >= 4 is 31.9 Å². The molecule has 1 aromatic rings. The fourth-order valence-electron chi connectivity index (χ4n) is 0.491. The molecule has 46 valence electrons. The number of nitrogen functional groups attached to an aromatic ring is 1. The van der Waals surface area contributed by atoms with E-state index in [1.807, 2.05) is 18.3 Å². The predicted molar refractivity (Wildman–Crippen MR) is 38.8 cm³/mol. The summed E-state index contributed by atoms with van der Waals surface area (Å²) in [5.74, 6) is 5.81. The van der Waals surface area contributed by atoms with Gasteiger partial charge in [-0.15, -0.1) is 0 Å². The first-order chi connectivity index (χ1) is 4.33. The molecule has 0 saturated carbocycles. The van der Waals surface area contributed by atoms with Crippen LogP contribution in [0.5, 0.6) is 0 Å². The average Bonchev–Trinajstić information content (AvgIpc) is 1.90. The Morgan fingerprint density at radius 1 is 1.56 bits per heavy atom. The van der Waals surface area contributed by atoms with E-state index in [0.29, 0.717) is 5.82 Å². The normalized spacial score (nSPS) is 9.11. The number of aromatic nitrogens is 1. The molecule has 0 aromatic carbocycles. The predicted octanol–water partition coefficient (Wildman–Crippen LogP) is -1.11. The van der Waals surface area contributed by atoms with Crippen molar-refractivity contribution in [1.29, 1.82) is 0 Å². The molecule has 0 spiro atoms. The van der Waals surface area contributed by atoms with Crippen LogP contribution in [0.2, 0.25) is 0 Å². The quantitative estimate of drug-likeness (QED) is 0.364.